The molecule has 0 heterocycles. The van der Waals surface area contributed by atoms with Crippen molar-refractivity contribution in [2.24, 2.45) is 5.92 Å². The summed E-state index contributed by atoms with van der Waals surface area (Å²) in [5, 5.41) is 19.8. The van der Waals surface area contributed by atoms with Gasteiger partial charge in [0.1, 0.15) is 22.9 Å². The van der Waals surface area contributed by atoms with Crippen LogP contribution in [-0.2, 0) is 4.74 Å². The summed E-state index contributed by atoms with van der Waals surface area (Å²) < 4.78 is 10.2. The van der Waals surface area contributed by atoms with E-state index in [0.29, 0.717) is 16.9 Å². The number of rotatable bonds is 6. The lowest BCUT2D eigenvalue weighted by atomic mass is 9.87. The van der Waals surface area contributed by atoms with E-state index in [1.54, 1.807) is 73.9 Å². The molecule has 0 spiro atoms. The number of aryl methyl sites for hydroxylation is 1. The molecule has 3 aromatic carbocycles. The van der Waals surface area contributed by atoms with E-state index in [0.717, 1.165) is 5.56 Å². The molecule has 0 aliphatic heterocycles. The number of hydrogen-bond acceptors (Lipinski definition) is 6. The second-order valence-corrected chi connectivity index (χ2v) is 8.60. The van der Waals surface area contributed by atoms with Crippen LogP contribution in [0.2, 0.25) is 0 Å². The molecule has 186 valence electrons. The van der Waals surface area contributed by atoms with Crippen molar-refractivity contribution in [2.45, 2.75) is 19.4 Å². The second kappa shape index (κ2) is 11.5. The Bertz CT molecular complexity index is 1270. The minimum absolute atomic E-state index is 0.0377. The number of aliphatic hydroxyl groups excluding tert-OH is 1. The van der Waals surface area contributed by atoms with Crippen LogP contribution in [0.25, 0.3) is 0 Å². The lowest BCUT2D eigenvalue weighted by Gasteiger charge is -2.26. The largest absolute Gasteiger partial charge is 0.511 e. The monoisotopic (exact) mass is 486 g/mol. The number of aromatic hydroxyl groups is 1. The lowest BCUT2D eigenvalue weighted by Crippen LogP contribution is -2.29. The van der Waals surface area contributed by atoms with E-state index in [1.807, 2.05) is 32.0 Å². The van der Waals surface area contributed by atoms with Gasteiger partial charge >= 0.3 is 0 Å². The van der Waals surface area contributed by atoms with Crippen LogP contribution in [0.4, 0.5) is 0 Å². The summed E-state index contributed by atoms with van der Waals surface area (Å²) in [5.74, 6) is -0.437. The van der Waals surface area contributed by atoms with E-state index in [4.69, 9.17) is 9.47 Å². The van der Waals surface area contributed by atoms with Crippen LogP contribution < -0.4 is 4.74 Å². The topological polar surface area (TPSA) is 93.1 Å². The fourth-order valence-corrected chi connectivity index (χ4v) is 3.64. The molecule has 3 aromatic rings. The number of carbonyl (C=O) groups is 2. The van der Waals surface area contributed by atoms with Crippen molar-refractivity contribution in [1.82, 2.24) is 0 Å². The summed E-state index contributed by atoms with van der Waals surface area (Å²) in [7, 11) is 3.07. The number of aliphatic hydroxyl groups is 1. The van der Waals surface area contributed by atoms with Gasteiger partial charge in [-0.3, -0.25) is 9.59 Å². The molecule has 0 aromatic heterocycles. The van der Waals surface area contributed by atoms with Gasteiger partial charge < -0.3 is 19.7 Å². The number of phenolic OH excluding ortho intramolecular Hbond substituents is 1. The molecule has 0 radical (unpaired) electrons. The maximum atomic E-state index is 12.2. The molecule has 6 nitrogen and oxygen atoms in total. The third-order valence-corrected chi connectivity index (χ3v) is 5.92. The maximum absolute atomic E-state index is 12.2. The molecular weight excluding hydrogens is 456 g/mol. The van der Waals surface area contributed by atoms with Crippen molar-refractivity contribution >= 4 is 11.6 Å². The highest BCUT2D eigenvalue weighted by Crippen LogP contribution is 2.28. The Balaban J connectivity index is 0.000000201. The predicted molar refractivity (Wildman–Crippen MR) is 139 cm³/mol. The number of ether oxygens (including phenoxy) is 2. The van der Waals surface area contributed by atoms with E-state index in [-0.39, 0.29) is 28.6 Å². The Morgan fingerprint density at radius 2 is 1.56 bits per heavy atom. The van der Waals surface area contributed by atoms with E-state index in [1.165, 1.54) is 13.2 Å². The van der Waals surface area contributed by atoms with Crippen molar-refractivity contribution in [3.05, 3.63) is 119 Å². The van der Waals surface area contributed by atoms with Gasteiger partial charge in [0.15, 0.2) is 11.6 Å². The number of phenols is 1. The summed E-state index contributed by atoms with van der Waals surface area (Å²) >= 11 is 0. The number of benzene rings is 3. The minimum Gasteiger partial charge on any atom is -0.511 e. The summed E-state index contributed by atoms with van der Waals surface area (Å²) in [6.45, 7) is 3.78. The Hall–Kier alpha value is -4.16. The van der Waals surface area contributed by atoms with Gasteiger partial charge in [-0.05, 0) is 32.1 Å². The molecular formula is C30H30O6. The number of carbonyl (C=O) groups excluding carboxylic acids is 2. The lowest BCUT2D eigenvalue weighted by molar-refractivity contribution is 0.0793. The Morgan fingerprint density at radius 3 is 2.11 bits per heavy atom. The zero-order chi connectivity index (χ0) is 26.3. The number of Topliss-reactive ketones (excluding diaryl/α,β-unsaturated/α-hetero) is 1. The second-order valence-electron chi connectivity index (χ2n) is 8.60. The van der Waals surface area contributed by atoms with Crippen LogP contribution in [0.5, 0.6) is 11.5 Å². The molecule has 1 aliphatic rings. The highest BCUT2D eigenvalue weighted by Gasteiger charge is 2.30. The average molecular weight is 487 g/mol. The molecule has 2 unspecified atom stereocenters. The summed E-state index contributed by atoms with van der Waals surface area (Å²) in [5.41, 5.74) is 1.87. The SMILES string of the molecule is COC1(C)C=CC(C(=O)c2ccccc2)C(O)=C1.COc1ccc(C(=O)c2ccc(C)cc2)c(O)c1. The standard InChI is InChI=1S/C15H14O3.C15H16O3/c1-10-3-5-11(6-4-10)15(17)13-8-7-12(18-2)9-14(13)16;1-15(18-2)9-8-12(13(16)10-15)14(17)11-6-4-3-5-7-11/h3-9,16H,1-2H3;3-10,12,16H,1-2H3. The summed E-state index contributed by atoms with van der Waals surface area (Å²) in [6, 6.07) is 20.8. The van der Waals surface area contributed by atoms with Gasteiger partial charge in [0.2, 0.25) is 0 Å². The molecule has 0 saturated carbocycles. The smallest absolute Gasteiger partial charge is 0.196 e. The van der Waals surface area contributed by atoms with Crippen LogP contribution in [0.1, 0.15) is 38.8 Å². The minimum atomic E-state index is -0.641. The zero-order valence-electron chi connectivity index (χ0n) is 20.8. The highest BCUT2D eigenvalue weighted by molar-refractivity contribution is 6.10. The first kappa shape index (κ1) is 26.4. The highest BCUT2D eigenvalue weighted by atomic mass is 16.5. The molecule has 2 atom stereocenters. The first-order valence-electron chi connectivity index (χ1n) is 11.4. The Morgan fingerprint density at radius 1 is 0.889 bits per heavy atom. The zero-order valence-corrected chi connectivity index (χ0v) is 20.8. The maximum Gasteiger partial charge on any atom is 0.196 e. The van der Waals surface area contributed by atoms with Crippen LogP contribution in [0.15, 0.2) is 96.8 Å². The molecule has 1 aliphatic carbocycles. The van der Waals surface area contributed by atoms with Gasteiger partial charge in [-0.15, -0.1) is 0 Å². The van der Waals surface area contributed by atoms with E-state index < -0.39 is 11.5 Å². The van der Waals surface area contributed by atoms with Crippen molar-refractivity contribution in [2.75, 3.05) is 14.2 Å². The van der Waals surface area contributed by atoms with Crippen molar-refractivity contribution in [3.63, 3.8) is 0 Å². The van der Waals surface area contributed by atoms with Crippen LogP contribution >= 0.6 is 0 Å². The normalized spacial score (nSPS) is 18.4. The first-order chi connectivity index (χ1) is 17.2. The molecule has 0 bridgehead atoms. The third-order valence-electron chi connectivity index (χ3n) is 5.92. The number of methoxy groups -OCH3 is 2. The van der Waals surface area contributed by atoms with Gasteiger partial charge in [-0.1, -0.05) is 72.3 Å². The van der Waals surface area contributed by atoms with Crippen molar-refractivity contribution in [1.29, 1.82) is 0 Å². The molecule has 0 amide bonds. The van der Waals surface area contributed by atoms with Crippen LogP contribution in [0, 0.1) is 12.8 Å². The predicted octanol–water partition coefficient (Wildman–Crippen LogP) is 5.84. The molecule has 0 saturated heterocycles. The molecule has 36 heavy (non-hydrogen) atoms. The fraction of sp³-hybridized carbons (Fsp3) is 0.200. The fourth-order valence-electron chi connectivity index (χ4n) is 3.64. The summed E-state index contributed by atoms with van der Waals surface area (Å²) in [4.78, 5) is 24.4. The number of ketones is 2. The average Bonchev–Trinajstić information content (AvgIpc) is 2.89. The Kier molecular flexibility index (Phi) is 8.46. The third kappa shape index (κ3) is 6.29. The molecule has 6 heteroatoms. The molecule has 2 N–H and O–H groups in total. The Labute approximate surface area is 211 Å². The van der Waals surface area contributed by atoms with Crippen LogP contribution in [0.3, 0.4) is 0 Å². The molecule has 4 rings (SSSR count). The van der Waals surface area contributed by atoms with E-state index in [9.17, 15) is 19.8 Å². The van der Waals surface area contributed by atoms with Crippen molar-refractivity contribution < 1.29 is 29.3 Å². The van der Waals surface area contributed by atoms with Gasteiger partial charge in [-0.25, -0.2) is 0 Å². The number of hydrogen-bond donors (Lipinski definition) is 2. The number of allylic oxidation sites excluding steroid dienone is 1. The molecule has 0 fully saturated rings. The van der Waals surface area contributed by atoms with E-state index >= 15 is 0 Å². The van der Waals surface area contributed by atoms with Crippen molar-refractivity contribution in [3.8, 4) is 11.5 Å². The van der Waals surface area contributed by atoms with Gasteiger partial charge in [0, 0.05) is 24.3 Å². The van der Waals surface area contributed by atoms with Gasteiger partial charge in [0.05, 0.1) is 18.6 Å². The van der Waals surface area contributed by atoms with Crippen LogP contribution in [-0.4, -0.2) is 41.6 Å². The van der Waals surface area contributed by atoms with Gasteiger partial charge in [-0.2, -0.15) is 0 Å². The summed E-state index contributed by atoms with van der Waals surface area (Å²) in [6.07, 6.45) is 5.05. The van der Waals surface area contributed by atoms with E-state index in [2.05, 4.69) is 0 Å². The first-order valence-corrected chi connectivity index (χ1v) is 11.4. The van der Waals surface area contributed by atoms with Gasteiger partial charge in [0.25, 0.3) is 0 Å². The quantitative estimate of drug-likeness (QED) is 0.336.